The van der Waals surface area contributed by atoms with Crippen LogP contribution < -0.4 is 5.32 Å². The van der Waals surface area contributed by atoms with Crippen molar-refractivity contribution in [2.75, 3.05) is 20.2 Å². The Morgan fingerprint density at radius 1 is 1.35 bits per heavy atom. The molecular formula is C16H22FNO2. The average Bonchev–Trinajstić information content (AvgIpc) is 2.41. The molecule has 0 radical (unpaired) electrons. The van der Waals surface area contributed by atoms with Gasteiger partial charge in [-0.25, -0.2) is 9.18 Å². The molecule has 0 aliphatic carbocycles. The van der Waals surface area contributed by atoms with E-state index in [1.165, 1.54) is 19.9 Å². The van der Waals surface area contributed by atoms with E-state index in [1.807, 2.05) is 7.05 Å². The van der Waals surface area contributed by atoms with Crippen molar-refractivity contribution in [3.05, 3.63) is 41.5 Å². The van der Waals surface area contributed by atoms with Gasteiger partial charge in [0.05, 0.1) is 6.61 Å². The summed E-state index contributed by atoms with van der Waals surface area (Å²) in [6.45, 7) is 4.25. The molecule has 20 heavy (non-hydrogen) atoms. The number of hydrogen-bond acceptors (Lipinski definition) is 3. The summed E-state index contributed by atoms with van der Waals surface area (Å²) >= 11 is 0. The van der Waals surface area contributed by atoms with Crippen molar-refractivity contribution in [1.29, 1.82) is 0 Å². The van der Waals surface area contributed by atoms with Gasteiger partial charge in [-0.15, -0.1) is 0 Å². The highest BCUT2D eigenvalue weighted by Gasteiger charge is 2.17. The summed E-state index contributed by atoms with van der Waals surface area (Å²) in [6, 6.07) is 7.00. The Morgan fingerprint density at radius 2 is 2.00 bits per heavy atom. The first-order chi connectivity index (χ1) is 9.43. The van der Waals surface area contributed by atoms with Crippen molar-refractivity contribution in [3.63, 3.8) is 0 Å². The molecule has 1 aromatic rings. The van der Waals surface area contributed by atoms with Crippen LogP contribution in [0.5, 0.6) is 0 Å². The van der Waals surface area contributed by atoms with E-state index in [-0.39, 0.29) is 5.97 Å². The number of esters is 1. The highest BCUT2D eigenvalue weighted by atomic mass is 19.1. The number of rotatable bonds is 7. The first-order valence-electron chi connectivity index (χ1n) is 6.72. The topological polar surface area (TPSA) is 38.3 Å². The Bertz CT molecular complexity index is 447. The molecular weight excluding hydrogens is 257 g/mol. The van der Waals surface area contributed by atoms with Gasteiger partial charge in [-0.1, -0.05) is 24.3 Å². The summed E-state index contributed by atoms with van der Waals surface area (Å²) in [5.41, 5.74) is 0.101. The van der Waals surface area contributed by atoms with Crippen LogP contribution in [-0.2, 0) is 15.2 Å². The Hall–Kier alpha value is -1.68. The second-order valence-electron chi connectivity index (χ2n) is 5.05. The second-order valence-corrected chi connectivity index (χ2v) is 5.05. The summed E-state index contributed by atoms with van der Waals surface area (Å²) in [5.74, 6) is -0.365. The van der Waals surface area contributed by atoms with Crippen LogP contribution in [0.25, 0.3) is 6.08 Å². The molecule has 0 atom stereocenters. The number of hydrogen-bond donors (Lipinski definition) is 1. The number of carbonyl (C=O) groups is 1. The quantitative estimate of drug-likeness (QED) is 0.473. The lowest BCUT2D eigenvalue weighted by molar-refractivity contribution is -0.137. The molecule has 0 aliphatic rings. The smallest absolute Gasteiger partial charge is 0.330 e. The van der Waals surface area contributed by atoms with Crippen molar-refractivity contribution in [3.8, 4) is 0 Å². The zero-order chi connectivity index (χ0) is 15.0. The summed E-state index contributed by atoms with van der Waals surface area (Å²) in [5, 5.41) is 2.98. The largest absolute Gasteiger partial charge is 0.462 e. The normalized spacial score (nSPS) is 11.8. The van der Waals surface area contributed by atoms with Gasteiger partial charge in [-0.3, -0.25) is 0 Å². The maximum absolute atomic E-state index is 13.7. The average molecular weight is 279 g/mol. The van der Waals surface area contributed by atoms with Crippen LogP contribution >= 0.6 is 0 Å². The van der Waals surface area contributed by atoms with Crippen LogP contribution in [-0.4, -0.2) is 26.2 Å². The van der Waals surface area contributed by atoms with Gasteiger partial charge in [-0.05, 0) is 51.1 Å². The Balaban J connectivity index is 2.47. The zero-order valence-electron chi connectivity index (χ0n) is 12.3. The molecule has 0 amide bonds. The number of ether oxygens (including phenoxy) is 1. The van der Waals surface area contributed by atoms with Crippen molar-refractivity contribution < 1.29 is 13.9 Å². The van der Waals surface area contributed by atoms with Crippen molar-refractivity contribution in [2.24, 2.45) is 0 Å². The maximum Gasteiger partial charge on any atom is 0.330 e. The summed E-state index contributed by atoms with van der Waals surface area (Å²) in [7, 11) is 1.85. The fraction of sp³-hybridized carbons (Fsp3) is 0.438. The fourth-order valence-corrected chi connectivity index (χ4v) is 1.62. The van der Waals surface area contributed by atoms with Crippen LogP contribution in [0.1, 0.15) is 31.4 Å². The Morgan fingerprint density at radius 3 is 2.55 bits per heavy atom. The van der Waals surface area contributed by atoms with Crippen molar-refractivity contribution in [2.45, 2.75) is 25.9 Å². The lowest BCUT2D eigenvalue weighted by atomic mass is 9.99. The van der Waals surface area contributed by atoms with Crippen LogP contribution in [0.15, 0.2) is 30.3 Å². The van der Waals surface area contributed by atoms with Gasteiger partial charge in [0.1, 0.15) is 5.67 Å². The molecule has 0 aliphatic heterocycles. The molecule has 0 spiro atoms. The van der Waals surface area contributed by atoms with Crippen LogP contribution in [0.2, 0.25) is 0 Å². The lowest BCUT2D eigenvalue weighted by Gasteiger charge is -2.14. The molecule has 0 unspecified atom stereocenters. The molecule has 0 saturated heterocycles. The number of alkyl halides is 1. The molecule has 0 bridgehead atoms. The molecule has 0 aromatic heterocycles. The van der Waals surface area contributed by atoms with E-state index in [0.717, 1.165) is 18.5 Å². The third-order valence-corrected chi connectivity index (χ3v) is 2.82. The van der Waals surface area contributed by atoms with Gasteiger partial charge in [-0.2, -0.15) is 0 Å². The minimum absolute atomic E-state index is 0.365. The molecule has 0 saturated carbocycles. The molecule has 4 heteroatoms. The lowest BCUT2D eigenvalue weighted by Crippen LogP contribution is -2.12. The van der Waals surface area contributed by atoms with Gasteiger partial charge in [0.15, 0.2) is 0 Å². The van der Waals surface area contributed by atoms with E-state index in [1.54, 1.807) is 30.3 Å². The Labute approximate surface area is 119 Å². The van der Waals surface area contributed by atoms with Crippen LogP contribution in [0, 0.1) is 0 Å². The van der Waals surface area contributed by atoms with Crippen molar-refractivity contribution in [1.82, 2.24) is 5.32 Å². The monoisotopic (exact) mass is 279 g/mol. The van der Waals surface area contributed by atoms with E-state index >= 15 is 0 Å². The second kappa shape index (κ2) is 7.80. The minimum atomic E-state index is -1.35. The Kier molecular flexibility index (Phi) is 6.39. The van der Waals surface area contributed by atoms with Crippen LogP contribution in [0.4, 0.5) is 4.39 Å². The number of carbonyl (C=O) groups excluding carboxylic acids is 1. The van der Waals surface area contributed by atoms with Gasteiger partial charge >= 0.3 is 5.97 Å². The van der Waals surface area contributed by atoms with Gasteiger partial charge in [0, 0.05) is 6.08 Å². The van der Waals surface area contributed by atoms with E-state index in [0.29, 0.717) is 12.2 Å². The van der Waals surface area contributed by atoms with Crippen LogP contribution in [0.3, 0.4) is 0 Å². The summed E-state index contributed by atoms with van der Waals surface area (Å²) < 4.78 is 18.7. The van der Waals surface area contributed by atoms with E-state index in [9.17, 15) is 9.18 Å². The summed E-state index contributed by atoms with van der Waals surface area (Å²) in [4.78, 5) is 11.4. The first kappa shape index (κ1) is 16.4. The zero-order valence-corrected chi connectivity index (χ0v) is 12.3. The third-order valence-electron chi connectivity index (χ3n) is 2.82. The van der Waals surface area contributed by atoms with E-state index in [4.69, 9.17) is 4.74 Å². The molecule has 0 heterocycles. The van der Waals surface area contributed by atoms with Gasteiger partial charge < -0.3 is 10.1 Å². The number of nitrogens with one attached hydrogen (secondary N) is 1. The van der Waals surface area contributed by atoms with E-state index < -0.39 is 5.67 Å². The third kappa shape index (κ3) is 5.97. The summed E-state index contributed by atoms with van der Waals surface area (Å²) in [6.07, 6.45) is 3.83. The maximum atomic E-state index is 13.7. The molecule has 0 fully saturated rings. The first-order valence-corrected chi connectivity index (χ1v) is 6.72. The molecule has 1 N–H and O–H groups in total. The molecule has 3 nitrogen and oxygen atoms in total. The standard InChI is InChI=1S/C16H22FNO2/c1-16(2,17)14-8-5-13(6-9-14)7-10-15(19)20-12-4-11-18-3/h5-10,18H,4,11-12H2,1-3H3/b10-7+. The number of benzene rings is 1. The van der Waals surface area contributed by atoms with Gasteiger partial charge in [0.2, 0.25) is 0 Å². The molecule has 1 rings (SSSR count). The SMILES string of the molecule is CNCCCOC(=O)/C=C/c1ccc(C(C)(C)F)cc1. The molecule has 110 valence electrons. The van der Waals surface area contributed by atoms with E-state index in [2.05, 4.69) is 5.32 Å². The van der Waals surface area contributed by atoms with Crippen molar-refractivity contribution >= 4 is 12.0 Å². The molecule has 1 aromatic carbocycles. The highest BCUT2D eigenvalue weighted by molar-refractivity contribution is 5.87. The highest BCUT2D eigenvalue weighted by Crippen LogP contribution is 2.24. The predicted octanol–water partition coefficient (Wildman–Crippen LogP) is 3.06. The van der Waals surface area contributed by atoms with Gasteiger partial charge in [0.25, 0.3) is 0 Å². The fourth-order valence-electron chi connectivity index (χ4n) is 1.62. The number of halogens is 1. The minimum Gasteiger partial charge on any atom is -0.462 e. The predicted molar refractivity (Wildman–Crippen MR) is 79.1 cm³/mol.